The van der Waals surface area contributed by atoms with E-state index in [1.807, 2.05) is 67.5 Å². The van der Waals surface area contributed by atoms with Crippen molar-refractivity contribution >= 4 is 17.3 Å². The molecule has 2 N–H and O–H groups in total. The second-order valence-corrected chi connectivity index (χ2v) is 11.2. The third kappa shape index (κ3) is 11.1. The van der Waals surface area contributed by atoms with E-state index in [2.05, 4.69) is 62.5 Å². The van der Waals surface area contributed by atoms with Gasteiger partial charge in [0.15, 0.2) is 6.10 Å². The van der Waals surface area contributed by atoms with Crippen LogP contribution in [-0.4, -0.2) is 29.4 Å². The van der Waals surface area contributed by atoms with Gasteiger partial charge in [0.25, 0.3) is 0 Å². The quantitative estimate of drug-likeness (QED) is 0.228. The van der Waals surface area contributed by atoms with Crippen LogP contribution >= 0.6 is 11.3 Å². The van der Waals surface area contributed by atoms with Crippen LogP contribution in [0.15, 0.2) is 48.5 Å². The van der Waals surface area contributed by atoms with Gasteiger partial charge in [-0.1, -0.05) is 52.0 Å². The van der Waals surface area contributed by atoms with Crippen LogP contribution in [0, 0.1) is 13.8 Å². The summed E-state index contributed by atoms with van der Waals surface area (Å²) in [7, 11) is 0. The van der Waals surface area contributed by atoms with Gasteiger partial charge in [0.05, 0.1) is 12.2 Å². The van der Waals surface area contributed by atoms with Crippen LogP contribution in [0.1, 0.15) is 95.5 Å². The second-order valence-electron chi connectivity index (χ2n) is 9.91. The molecule has 3 rings (SSSR count). The molecule has 0 aliphatic carbocycles. The van der Waals surface area contributed by atoms with Crippen molar-refractivity contribution in [3.8, 4) is 16.2 Å². The van der Waals surface area contributed by atoms with Crippen LogP contribution in [0.4, 0.5) is 0 Å². The lowest BCUT2D eigenvalue weighted by atomic mass is 9.98. The molecular weight excluding hydrogens is 518 g/mol. The molecule has 0 bridgehead atoms. The highest BCUT2D eigenvalue weighted by atomic mass is 32.1. The fourth-order valence-corrected chi connectivity index (χ4v) is 5.26. The van der Waals surface area contributed by atoms with E-state index in [0.717, 1.165) is 16.9 Å². The van der Waals surface area contributed by atoms with Crippen molar-refractivity contribution in [3.63, 3.8) is 0 Å². The van der Waals surface area contributed by atoms with E-state index in [4.69, 9.17) is 9.47 Å². The van der Waals surface area contributed by atoms with E-state index < -0.39 is 12.1 Å². The molecular formula is C34H51NO4S. The Morgan fingerprint density at radius 2 is 1.57 bits per heavy atom. The summed E-state index contributed by atoms with van der Waals surface area (Å²) in [4.78, 5) is 14.2. The Kier molecular flexibility index (Phi) is 15.8. The summed E-state index contributed by atoms with van der Waals surface area (Å²) in [6.45, 7) is 22.8. The van der Waals surface area contributed by atoms with E-state index >= 15 is 0 Å². The van der Waals surface area contributed by atoms with Gasteiger partial charge in [-0.3, -0.25) is 0 Å². The van der Waals surface area contributed by atoms with Crippen molar-refractivity contribution in [2.75, 3.05) is 0 Å². The summed E-state index contributed by atoms with van der Waals surface area (Å²) >= 11 is 1.77. The predicted molar refractivity (Wildman–Crippen MR) is 171 cm³/mol. The molecule has 2 unspecified atom stereocenters. The summed E-state index contributed by atoms with van der Waals surface area (Å²) < 4.78 is 11.5. The van der Waals surface area contributed by atoms with Gasteiger partial charge in [-0.15, -0.1) is 11.3 Å². The zero-order chi connectivity index (χ0) is 30.4. The first kappa shape index (κ1) is 35.4. The molecule has 2 atom stereocenters. The highest BCUT2D eigenvalue weighted by molar-refractivity contribution is 7.15. The molecule has 0 aliphatic heterocycles. The van der Waals surface area contributed by atoms with Crippen molar-refractivity contribution in [3.05, 3.63) is 75.7 Å². The van der Waals surface area contributed by atoms with E-state index in [1.54, 1.807) is 11.3 Å². The first-order valence-corrected chi connectivity index (χ1v) is 15.4. The number of thiophene rings is 1. The molecule has 0 radical (unpaired) electrons. The Morgan fingerprint density at radius 3 is 2.10 bits per heavy atom. The lowest BCUT2D eigenvalue weighted by molar-refractivity contribution is -0.153. The molecule has 0 saturated heterocycles. The molecule has 0 fully saturated rings. The topological polar surface area (TPSA) is 67.8 Å². The SMILES string of the molecule is CC.CC.Cc1ccc(-c2ccc(CC(OC(C)C)C(=O)O)cc2CNC(C)c2ccc(OC(C)C)cc2C)s1. The van der Waals surface area contributed by atoms with Gasteiger partial charge in [0, 0.05) is 28.8 Å². The number of benzene rings is 2. The van der Waals surface area contributed by atoms with E-state index in [9.17, 15) is 9.90 Å². The number of aryl methyl sites for hydroxylation is 2. The average Bonchev–Trinajstić information content (AvgIpc) is 3.34. The third-order valence-electron chi connectivity index (χ3n) is 5.99. The molecule has 3 aromatic rings. The van der Waals surface area contributed by atoms with Gasteiger partial charge in [0.2, 0.25) is 0 Å². The normalized spacial score (nSPS) is 12.2. The van der Waals surface area contributed by atoms with Crippen LogP contribution in [0.25, 0.3) is 10.4 Å². The number of carbonyl (C=O) groups is 1. The van der Waals surface area contributed by atoms with Gasteiger partial charge in [-0.2, -0.15) is 0 Å². The minimum absolute atomic E-state index is 0.135. The largest absolute Gasteiger partial charge is 0.491 e. The second kappa shape index (κ2) is 17.9. The minimum atomic E-state index is -0.935. The molecule has 0 aliphatic rings. The predicted octanol–water partition coefficient (Wildman–Crippen LogP) is 9.14. The van der Waals surface area contributed by atoms with Crippen molar-refractivity contribution in [1.82, 2.24) is 5.32 Å². The number of nitrogens with one attached hydrogen (secondary N) is 1. The van der Waals surface area contributed by atoms with E-state index in [0.29, 0.717) is 13.0 Å². The molecule has 40 heavy (non-hydrogen) atoms. The van der Waals surface area contributed by atoms with Crippen LogP contribution in [0.2, 0.25) is 0 Å². The maximum Gasteiger partial charge on any atom is 0.333 e. The highest BCUT2D eigenvalue weighted by Gasteiger charge is 2.21. The van der Waals surface area contributed by atoms with Crippen LogP contribution < -0.4 is 10.1 Å². The molecule has 5 nitrogen and oxygen atoms in total. The van der Waals surface area contributed by atoms with Gasteiger partial charge >= 0.3 is 5.97 Å². The maximum atomic E-state index is 11.8. The monoisotopic (exact) mass is 569 g/mol. The lowest BCUT2D eigenvalue weighted by Crippen LogP contribution is -2.29. The van der Waals surface area contributed by atoms with E-state index in [-0.39, 0.29) is 18.2 Å². The highest BCUT2D eigenvalue weighted by Crippen LogP contribution is 2.32. The number of aliphatic carboxylic acids is 1. The molecule has 0 saturated carbocycles. The minimum Gasteiger partial charge on any atom is -0.491 e. The maximum absolute atomic E-state index is 11.8. The molecule has 1 heterocycles. The summed E-state index contributed by atoms with van der Waals surface area (Å²) in [6, 6.07) is 16.9. The van der Waals surface area contributed by atoms with Gasteiger partial charge in [0.1, 0.15) is 5.75 Å². The number of carboxylic acids is 1. The fourth-order valence-electron chi connectivity index (χ4n) is 4.33. The number of carboxylic acid groups (broad SMARTS) is 1. The van der Waals surface area contributed by atoms with Crippen molar-refractivity contribution in [1.29, 1.82) is 0 Å². The first-order valence-electron chi connectivity index (χ1n) is 14.6. The Morgan fingerprint density at radius 1 is 0.900 bits per heavy atom. The zero-order valence-electron chi connectivity index (χ0n) is 26.4. The molecule has 6 heteroatoms. The first-order chi connectivity index (χ1) is 19.0. The molecule has 222 valence electrons. The molecule has 2 aromatic carbocycles. The Hall–Kier alpha value is -2.67. The third-order valence-corrected chi connectivity index (χ3v) is 7.02. The number of hydrogen-bond acceptors (Lipinski definition) is 5. The standard InChI is InChI=1S/C30H39NO4S.2C2H6/c1-18(2)34-25-10-12-26(20(5)14-25)22(7)31-17-24-15-23(16-28(30(32)33)35-19(3)4)9-11-27(24)29-13-8-21(6)36-29;2*1-2/h8-15,18-19,22,28,31H,16-17H2,1-7H3,(H,32,33);2*1-2H3. The molecule has 0 amide bonds. The van der Waals surface area contributed by atoms with Gasteiger partial charge < -0.3 is 19.9 Å². The van der Waals surface area contributed by atoms with Crippen LogP contribution in [0.5, 0.6) is 5.75 Å². The average molecular weight is 570 g/mol. The number of hydrogen-bond donors (Lipinski definition) is 2. The summed E-state index contributed by atoms with van der Waals surface area (Å²) in [6.07, 6.45) is -0.546. The Bertz CT molecular complexity index is 1170. The number of rotatable bonds is 12. The van der Waals surface area contributed by atoms with Crippen molar-refractivity contribution < 1.29 is 19.4 Å². The van der Waals surface area contributed by atoms with Gasteiger partial charge in [-0.05, 0) is 101 Å². The summed E-state index contributed by atoms with van der Waals surface area (Å²) in [5.41, 5.74) is 5.69. The summed E-state index contributed by atoms with van der Waals surface area (Å²) in [5, 5.41) is 13.3. The molecule has 0 spiro atoms. The zero-order valence-corrected chi connectivity index (χ0v) is 27.2. The summed E-state index contributed by atoms with van der Waals surface area (Å²) in [5.74, 6) is -0.0478. The lowest BCUT2D eigenvalue weighted by Gasteiger charge is -2.20. The van der Waals surface area contributed by atoms with Crippen molar-refractivity contribution in [2.24, 2.45) is 0 Å². The Balaban J connectivity index is 0.00000191. The number of ether oxygens (including phenoxy) is 2. The van der Waals surface area contributed by atoms with Crippen LogP contribution in [-0.2, 0) is 22.5 Å². The van der Waals surface area contributed by atoms with Gasteiger partial charge in [-0.25, -0.2) is 4.79 Å². The smallest absolute Gasteiger partial charge is 0.333 e. The Labute approximate surface area is 246 Å². The molecule has 1 aromatic heterocycles. The fraction of sp³-hybridized carbons (Fsp3) is 0.500. The van der Waals surface area contributed by atoms with E-state index in [1.165, 1.54) is 26.4 Å². The van der Waals surface area contributed by atoms with Crippen molar-refractivity contribution in [2.45, 2.75) is 113 Å². The van der Waals surface area contributed by atoms with Crippen LogP contribution in [0.3, 0.4) is 0 Å².